The molecule has 20 heavy (non-hydrogen) atoms. The van der Waals surface area contributed by atoms with Crippen LogP contribution >= 0.6 is 0 Å². The predicted molar refractivity (Wildman–Crippen MR) is 78.6 cm³/mol. The number of nitrogens with zero attached hydrogens (tertiary/aromatic N) is 1. The maximum absolute atomic E-state index is 12.4. The number of carbonyl (C=O) groups is 2. The molecule has 0 unspecified atom stereocenters. The van der Waals surface area contributed by atoms with Crippen LogP contribution in [0.25, 0.3) is 0 Å². The maximum Gasteiger partial charge on any atom is 0.254 e. The quantitative estimate of drug-likeness (QED) is 0.800. The van der Waals surface area contributed by atoms with Crippen LogP contribution in [0.3, 0.4) is 0 Å². The molecule has 5 heteroatoms. The van der Waals surface area contributed by atoms with Crippen molar-refractivity contribution in [2.75, 3.05) is 25.0 Å². The number of hydrogen-bond acceptors (Lipinski definition) is 3. The highest BCUT2D eigenvalue weighted by Gasteiger charge is 2.15. The smallest absolute Gasteiger partial charge is 0.254 e. The molecule has 0 aliphatic heterocycles. The van der Waals surface area contributed by atoms with Gasteiger partial charge in [0.2, 0.25) is 5.91 Å². The van der Waals surface area contributed by atoms with Gasteiger partial charge in [-0.2, -0.15) is 0 Å². The molecule has 0 saturated carbocycles. The second-order valence-corrected chi connectivity index (χ2v) is 4.63. The maximum atomic E-state index is 12.4. The zero-order valence-electron chi connectivity index (χ0n) is 12.1. The van der Waals surface area contributed by atoms with Crippen LogP contribution in [-0.4, -0.2) is 41.5 Å². The van der Waals surface area contributed by atoms with E-state index in [1.54, 1.807) is 29.2 Å². The molecule has 1 rings (SSSR count). The average molecular weight is 278 g/mol. The minimum absolute atomic E-state index is 0.0547. The summed E-state index contributed by atoms with van der Waals surface area (Å²) < 4.78 is 0. The number of anilines is 1. The van der Waals surface area contributed by atoms with Gasteiger partial charge in [0, 0.05) is 31.3 Å². The molecule has 0 radical (unpaired) electrons. The van der Waals surface area contributed by atoms with Gasteiger partial charge in [0.25, 0.3) is 5.91 Å². The Bertz CT molecular complexity index is 460. The van der Waals surface area contributed by atoms with Gasteiger partial charge < -0.3 is 15.3 Å². The molecule has 0 aliphatic rings. The number of carbonyl (C=O) groups excluding carboxylic acids is 2. The minimum atomic E-state index is -0.173. The summed E-state index contributed by atoms with van der Waals surface area (Å²) in [5.41, 5.74) is 1.11. The molecule has 2 amide bonds. The van der Waals surface area contributed by atoms with E-state index in [2.05, 4.69) is 12.2 Å². The van der Waals surface area contributed by atoms with Gasteiger partial charge in [-0.1, -0.05) is 19.4 Å². The number of amides is 2. The van der Waals surface area contributed by atoms with Crippen LogP contribution in [0, 0.1) is 0 Å². The second-order valence-electron chi connectivity index (χ2n) is 4.63. The summed E-state index contributed by atoms with van der Waals surface area (Å²) in [6, 6.07) is 6.83. The molecule has 0 bridgehead atoms. The first-order chi connectivity index (χ1) is 9.58. The largest absolute Gasteiger partial charge is 0.395 e. The van der Waals surface area contributed by atoms with Crippen molar-refractivity contribution in [1.29, 1.82) is 0 Å². The Morgan fingerprint density at radius 3 is 2.65 bits per heavy atom. The Morgan fingerprint density at radius 1 is 1.30 bits per heavy atom. The molecule has 2 N–H and O–H groups in total. The summed E-state index contributed by atoms with van der Waals surface area (Å²) in [7, 11) is 0. The van der Waals surface area contributed by atoms with Crippen molar-refractivity contribution < 1.29 is 14.7 Å². The van der Waals surface area contributed by atoms with Crippen LogP contribution in [0.2, 0.25) is 0 Å². The third kappa shape index (κ3) is 5.01. The van der Waals surface area contributed by atoms with Crippen molar-refractivity contribution in [2.45, 2.75) is 26.7 Å². The van der Waals surface area contributed by atoms with E-state index in [-0.39, 0.29) is 18.4 Å². The monoisotopic (exact) mass is 278 g/mol. The van der Waals surface area contributed by atoms with Crippen LogP contribution < -0.4 is 5.32 Å². The lowest BCUT2D eigenvalue weighted by Gasteiger charge is -2.21. The fourth-order valence-corrected chi connectivity index (χ4v) is 1.90. The van der Waals surface area contributed by atoms with E-state index in [9.17, 15) is 9.59 Å². The molecule has 110 valence electrons. The van der Waals surface area contributed by atoms with E-state index in [0.717, 1.165) is 12.8 Å². The molecule has 0 fully saturated rings. The zero-order chi connectivity index (χ0) is 15.0. The lowest BCUT2D eigenvalue weighted by molar-refractivity contribution is -0.114. The van der Waals surface area contributed by atoms with E-state index >= 15 is 0 Å². The van der Waals surface area contributed by atoms with E-state index in [4.69, 9.17) is 5.11 Å². The van der Waals surface area contributed by atoms with Crippen LogP contribution in [0.5, 0.6) is 0 Å². The number of rotatable bonds is 7. The Hall–Kier alpha value is -1.88. The fourth-order valence-electron chi connectivity index (χ4n) is 1.90. The highest BCUT2D eigenvalue weighted by atomic mass is 16.3. The third-order valence-corrected chi connectivity index (χ3v) is 2.87. The van der Waals surface area contributed by atoms with Gasteiger partial charge in [0.05, 0.1) is 6.61 Å². The molecule has 0 heterocycles. The van der Waals surface area contributed by atoms with Crippen molar-refractivity contribution in [1.82, 2.24) is 4.90 Å². The first-order valence-electron chi connectivity index (χ1n) is 6.86. The molecule has 5 nitrogen and oxygen atoms in total. The van der Waals surface area contributed by atoms with Crippen LogP contribution in [-0.2, 0) is 4.79 Å². The average Bonchev–Trinajstić information content (AvgIpc) is 2.42. The molecule has 0 atom stereocenters. The summed E-state index contributed by atoms with van der Waals surface area (Å²) in [4.78, 5) is 25.0. The van der Waals surface area contributed by atoms with E-state index in [1.165, 1.54) is 6.92 Å². The van der Waals surface area contributed by atoms with Crippen molar-refractivity contribution in [3.8, 4) is 0 Å². The van der Waals surface area contributed by atoms with Crippen LogP contribution in [0.15, 0.2) is 24.3 Å². The normalized spacial score (nSPS) is 10.2. The van der Waals surface area contributed by atoms with Gasteiger partial charge in [-0.25, -0.2) is 0 Å². The van der Waals surface area contributed by atoms with Gasteiger partial charge in [0.1, 0.15) is 0 Å². The van der Waals surface area contributed by atoms with Gasteiger partial charge >= 0.3 is 0 Å². The van der Waals surface area contributed by atoms with Gasteiger partial charge in [-0.15, -0.1) is 0 Å². The van der Waals surface area contributed by atoms with Crippen molar-refractivity contribution in [3.05, 3.63) is 29.8 Å². The van der Waals surface area contributed by atoms with Crippen molar-refractivity contribution in [3.63, 3.8) is 0 Å². The lowest BCUT2D eigenvalue weighted by atomic mass is 10.1. The van der Waals surface area contributed by atoms with Gasteiger partial charge in [-0.3, -0.25) is 9.59 Å². The summed E-state index contributed by atoms with van der Waals surface area (Å²) >= 11 is 0. The Morgan fingerprint density at radius 2 is 2.05 bits per heavy atom. The first kappa shape index (κ1) is 16.2. The molecule has 0 spiro atoms. The van der Waals surface area contributed by atoms with Gasteiger partial charge in [0.15, 0.2) is 0 Å². The number of aliphatic hydroxyl groups excluding tert-OH is 1. The Kier molecular flexibility index (Phi) is 6.73. The molecule has 1 aromatic rings. The highest BCUT2D eigenvalue weighted by Crippen LogP contribution is 2.13. The Balaban J connectivity index is 2.84. The molecule has 0 aliphatic carbocycles. The van der Waals surface area contributed by atoms with E-state index < -0.39 is 0 Å². The fraction of sp³-hybridized carbons (Fsp3) is 0.467. The molecule has 0 saturated heterocycles. The summed E-state index contributed by atoms with van der Waals surface area (Å²) in [5, 5.41) is 11.7. The van der Waals surface area contributed by atoms with Crippen molar-refractivity contribution >= 4 is 17.5 Å². The summed E-state index contributed by atoms with van der Waals surface area (Å²) in [6.45, 7) is 4.37. The number of aliphatic hydroxyl groups is 1. The SMILES string of the molecule is CCCCN(CCO)C(=O)c1cccc(NC(C)=O)c1. The lowest BCUT2D eigenvalue weighted by Crippen LogP contribution is -2.34. The predicted octanol–water partition coefficient (Wildman–Crippen LogP) is 1.88. The van der Waals surface area contributed by atoms with Crippen LogP contribution in [0.4, 0.5) is 5.69 Å². The summed E-state index contributed by atoms with van der Waals surface area (Å²) in [5.74, 6) is -0.299. The minimum Gasteiger partial charge on any atom is -0.395 e. The number of nitrogens with one attached hydrogen (secondary N) is 1. The van der Waals surface area contributed by atoms with Crippen molar-refractivity contribution in [2.24, 2.45) is 0 Å². The molecule has 1 aromatic carbocycles. The topological polar surface area (TPSA) is 69.6 Å². The summed E-state index contributed by atoms with van der Waals surface area (Å²) in [6.07, 6.45) is 1.89. The Labute approximate surface area is 119 Å². The number of unbranched alkanes of at least 4 members (excludes halogenated alkanes) is 1. The van der Waals surface area contributed by atoms with Crippen LogP contribution in [0.1, 0.15) is 37.0 Å². The van der Waals surface area contributed by atoms with E-state index in [0.29, 0.717) is 24.3 Å². The molecular weight excluding hydrogens is 256 g/mol. The molecule has 0 aromatic heterocycles. The standard InChI is InChI=1S/C15H22N2O3/c1-3-4-8-17(9-10-18)15(20)13-6-5-7-14(11-13)16-12(2)19/h5-7,11,18H,3-4,8-10H2,1-2H3,(H,16,19). The van der Waals surface area contributed by atoms with Gasteiger partial charge in [-0.05, 0) is 24.6 Å². The number of hydrogen-bond donors (Lipinski definition) is 2. The first-order valence-corrected chi connectivity index (χ1v) is 6.86. The second kappa shape index (κ2) is 8.32. The zero-order valence-corrected chi connectivity index (χ0v) is 12.1. The number of benzene rings is 1. The van der Waals surface area contributed by atoms with E-state index in [1.807, 2.05) is 0 Å². The highest BCUT2D eigenvalue weighted by molar-refractivity contribution is 5.96. The molecular formula is C15H22N2O3. The third-order valence-electron chi connectivity index (χ3n) is 2.87.